The number of carbonyl (C=O) groups excluding carboxylic acids is 1. The molecule has 1 unspecified atom stereocenters. The van der Waals surface area contributed by atoms with Gasteiger partial charge < -0.3 is 18.7 Å². The van der Waals surface area contributed by atoms with Crippen LogP contribution in [0.25, 0.3) is 22.6 Å². The largest absolute Gasteiger partial charge is 1.00 e. The third-order valence-electron chi connectivity index (χ3n) is 4.64. The van der Waals surface area contributed by atoms with Crippen LogP contribution in [0.1, 0.15) is 27.9 Å². The quantitative estimate of drug-likeness (QED) is 0.252. The van der Waals surface area contributed by atoms with Crippen molar-refractivity contribution in [3.63, 3.8) is 0 Å². The van der Waals surface area contributed by atoms with Gasteiger partial charge in [0.2, 0.25) is 5.91 Å². The fraction of sp³-hybridized carbons (Fsp3) is 0.136. The molecule has 1 atom stereocenters. The van der Waals surface area contributed by atoms with E-state index in [0.29, 0.717) is 33.3 Å². The Morgan fingerprint density at radius 1 is 1.27 bits per heavy atom. The topological polar surface area (TPSA) is 128 Å². The monoisotopic (exact) mass is 535 g/mol. The van der Waals surface area contributed by atoms with Gasteiger partial charge >= 0.3 is 29.6 Å². The maximum atomic E-state index is 12.7. The van der Waals surface area contributed by atoms with Crippen molar-refractivity contribution < 1.29 is 53.1 Å². The van der Waals surface area contributed by atoms with E-state index in [1.165, 1.54) is 17.9 Å². The van der Waals surface area contributed by atoms with Crippen molar-refractivity contribution in [2.24, 2.45) is 0 Å². The van der Waals surface area contributed by atoms with Crippen molar-refractivity contribution in [1.29, 1.82) is 10.5 Å². The minimum absolute atomic E-state index is 0. The molecule has 0 bridgehead atoms. The number of nitriles is 2. The van der Waals surface area contributed by atoms with Gasteiger partial charge in [0.1, 0.15) is 14.0 Å². The summed E-state index contributed by atoms with van der Waals surface area (Å²) in [7, 11) is -1.88. The zero-order valence-corrected chi connectivity index (χ0v) is 22.4. The third kappa shape index (κ3) is 6.44. The van der Waals surface area contributed by atoms with Crippen LogP contribution in [0.5, 0.6) is 5.75 Å². The molecule has 0 aliphatic carbocycles. The second-order valence-corrected chi connectivity index (χ2v) is 8.26. The molecule has 162 valence electrons. The molecule has 11 heteroatoms. The summed E-state index contributed by atoms with van der Waals surface area (Å²) in [6, 6.07) is 14.4. The van der Waals surface area contributed by atoms with Gasteiger partial charge in [0, 0.05) is 27.2 Å². The van der Waals surface area contributed by atoms with Gasteiger partial charge in [-0.1, -0.05) is 15.9 Å². The van der Waals surface area contributed by atoms with E-state index in [2.05, 4.69) is 32.6 Å². The molecule has 3 aromatic rings. The first-order chi connectivity index (χ1) is 15.4. The first-order valence-electron chi connectivity index (χ1n) is 9.25. The fourth-order valence-electron chi connectivity index (χ4n) is 3.21. The summed E-state index contributed by atoms with van der Waals surface area (Å²) in [6.45, 7) is -0.259. The van der Waals surface area contributed by atoms with Gasteiger partial charge in [-0.25, -0.2) is 0 Å². The van der Waals surface area contributed by atoms with E-state index in [4.69, 9.17) is 4.74 Å². The molecule has 0 spiro atoms. The number of ether oxygens (including phenoxy) is 1. The van der Waals surface area contributed by atoms with Gasteiger partial charge in [-0.2, -0.15) is 10.5 Å². The predicted octanol–water partition coefficient (Wildman–Crippen LogP) is 1.15. The van der Waals surface area contributed by atoms with E-state index >= 15 is 0 Å². The van der Waals surface area contributed by atoms with Crippen LogP contribution in [-0.2, 0) is 9.09 Å². The maximum Gasteiger partial charge on any atom is 1.00 e. The van der Waals surface area contributed by atoms with Gasteiger partial charge in [0.25, 0.3) is 0 Å². The normalized spacial score (nSPS) is 11.8. The molecule has 0 aliphatic heterocycles. The van der Waals surface area contributed by atoms with Crippen LogP contribution in [0.2, 0.25) is 0 Å². The van der Waals surface area contributed by atoms with E-state index < -0.39 is 8.25 Å². The average molecular weight is 536 g/mol. The molecule has 2 aromatic carbocycles. The Labute approximate surface area is 221 Å². The van der Waals surface area contributed by atoms with Crippen LogP contribution in [0.4, 0.5) is 0 Å². The van der Waals surface area contributed by atoms with Crippen molar-refractivity contribution in [3.05, 3.63) is 63.8 Å². The van der Waals surface area contributed by atoms with Crippen molar-refractivity contribution in [2.45, 2.75) is 6.42 Å². The predicted molar refractivity (Wildman–Crippen MR) is 121 cm³/mol. The van der Waals surface area contributed by atoms with Gasteiger partial charge in [0.15, 0.2) is 0 Å². The summed E-state index contributed by atoms with van der Waals surface area (Å²) in [5.41, 5.74) is 2.27. The molecule has 8 nitrogen and oxygen atoms in total. The molecule has 1 aromatic heterocycles. The fourth-order valence-corrected chi connectivity index (χ4v) is 3.84. The standard InChI is InChI=1S/C22H17BrN3O5P.Na/c1-30-21-5-2-14(11-24)8-15(21)9-16(12-25)19-13-26(22(27)6-7-31-32(28)29)20-4-3-17(23)10-18(19)20;/h2-5,8-10,13,32H,6-7H2,1H3,(H,28,29);/q;+1/p-1/b16-9+;. The molecule has 0 saturated carbocycles. The molecular weight excluding hydrogens is 520 g/mol. The van der Waals surface area contributed by atoms with Gasteiger partial charge in [0.05, 0.1) is 48.9 Å². The van der Waals surface area contributed by atoms with Crippen LogP contribution in [0.15, 0.2) is 47.1 Å². The number of allylic oxidation sites excluding steroid dienone is 1. The van der Waals surface area contributed by atoms with Crippen LogP contribution in [0, 0.1) is 22.7 Å². The van der Waals surface area contributed by atoms with E-state index in [1.807, 2.05) is 0 Å². The molecular formula is C22H16BrN3NaO5P. The molecule has 33 heavy (non-hydrogen) atoms. The van der Waals surface area contributed by atoms with Crippen LogP contribution < -0.4 is 39.2 Å². The van der Waals surface area contributed by atoms with Crippen LogP contribution in [-0.4, -0.2) is 24.2 Å². The summed E-state index contributed by atoms with van der Waals surface area (Å²) in [6.07, 6.45) is 2.98. The Morgan fingerprint density at radius 3 is 2.67 bits per heavy atom. The third-order valence-corrected chi connectivity index (χ3v) is 5.57. The first-order valence-corrected chi connectivity index (χ1v) is 11.3. The maximum absolute atomic E-state index is 12.7. The van der Waals surface area contributed by atoms with Gasteiger partial charge in [-0.15, -0.1) is 0 Å². The number of hydrogen-bond donors (Lipinski definition) is 0. The summed E-state index contributed by atoms with van der Waals surface area (Å²) < 4.78 is 22.6. The first kappa shape index (κ1) is 27.0. The van der Waals surface area contributed by atoms with Crippen molar-refractivity contribution in [1.82, 2.24) is 4.57 Å². The van der Waals surface area contributed by atoms with E-state index in [0.717, 1.165) is 4.47 Å². The van der Waals surface area contributed by atoms with Gasteiger partial charge in [-0.05, 0) is 42.5 Å². The van der Waals surface area contributed by atoms with Crippen molar-refractivity contribution in [2.75, 3.05) is 13.7 Å². The smallest absolute Gasteiger partial charge is 0.781 e. The summed E-state index contributed by atoms with van der Waals surface area (Å²) >= 11 is 3.41. The molecule has 3 rings (SSSR count). The molecule has 0 saturated heterocycles. The molecule has 0 aliphatic rings. The molecule has 0 N–H and O–H groups in total. The zero-order chi connectivity index (χ0) is 23.3. The summed E-state index contributed by atoms with van der Waals surface area (Å²) in [5, 5.41) is 19.7. The molecule has 0 amide bonds. The van der Waals surface area contributed by atoms with E-state index in [-0.39, 0.29) is 54.1 Å². The van der Waals surface area contributed by atoms with Crippen LogP contribution >= 0.6 is 24.2 Å². The second-order valence-electron chi connectivity index (χ2n) is 6.55. The van der Waals surface area contributed by atoms with Crippen molar-refractivity contribution >= 4 is 52.6 Å². The molecule has 0 fully saturated rings. The number of benzene rings is 2. The van der Waals surface area contributed by atoms with Gasteiger partial charge in [-0.3, -0.25) is 9.36 Å². The number of hydrogen-bond acceptors (Lipinski definition) is 7. The number of aromatic nitrogens is 1. The minimum atomic E-state index is -3.37. The second kappa shape index (κ2) is 12.3. The number of rotatable bonds is 7. The van der Waals surface area contributed by atoms with Crippen molar-refractivity contribution in [3.8, 4) is 17.9 Å². The number of fused-ring (bicyclic) bond motifs is 1. The Bertz CT molecular complexity index is 1340. The minimum Gasteiger partial charge on any atom is -0.781 e. The number of carbonyl (C=O) groups is 1. The Morgan fingerprint density at radius 2 is 2.03 bits per heavy atom. The number of halogens is 1. The molecule has 0 radical (unpaired) electrons. The number of methoxy groups -OCH3 is 1. The zero-order valence-electron chi connectivity index (χ0n) is 17.8. The Kier molecular flexibility index (Phi) is 10.1. The average Bonchev–Trinajstić information content (AvgIpc) is 3.15. The summed E-state index contributed by atoms with van der Waals surface area (Å²) in [4.78, 5) is 23.3. The molecule has 1 heterocycles. The Balaban J connectivity index is 0.00000385. The summed E-state index contributed by atoms with van der Waals surface area (Å²) in [5.74, 6) is 0.107. The van der Waals surface area contributed by atoms with Crippen LogP contribution in [0.3, 0.4) is 0 Å². The SMILES string of the molecule is COc1ccc(C#N)cc1/C=C(\C#N)c1cn(C(=O)CCO[PH](=O)[O-])c2ccc(Br)cc12.[Na+]. The van der Waals surface area contributed by atoms with E-state index in [9.17, 15) is 24.8 Å². The Hall–Kier alpha value is -2.20. The van der Waals surface area contributed by atoms with E-state index in [1.54, 1.807) is 42.5 Å². The number of nitrogens with zero attached hydrogens (tertiary/aromatic N) is 3.